The van der Waals surface area contributed by atoms with Crippen molar-refractivity contribution in [3.05, 3.63) is 131 Å². The van der Waals surface area contributed by atoms with Crippen LogP contribution in [0.5, 0.6) is 0 Å². The highest BCUT2D eigenvalue weighted by Gasteiger charge is 2.32. The molecule has 4 aromatic rings. The molecule has 4 aromatic carbocycles. The number of benzene rings is 4. The van der Waals surface area contributed by atoms with Crippen LogP contribution < -0.4 is 5.32 Å². The fraction of sp³-hybridized carbons (Fsp3) is 0.235. The minimum absolute atomic E-state index is 0.0727. The molecule has 0 aliphatic heterocycles. The molecule has 2 atom stereocenters. The summed E-state index contributed by atoms with van der Waals surface area (Å²) in [5.74, 6) is -0.902. The van der Waals surface area contributed by atoms with Gasteiger partial charge in [-0.05, 0) is 33.7 Å². The van der Waals surface area contributed by atoms with Gasteiger partial charge in [0.25, 0.3) is 0 Å². The molecule has 0 fully saturated rings. The quantitative estimate of drug-likeness (QED) is 0.175. The summed E-state index contributed by atoms with van der Waals surface area (Å²) in [7, 11) is 0. The van der Waals surface area contributed by atoms with Crippen LogP contribution in [0.15, 0.2) is 109 Å². The Hall–Kier alpha value is -4.42. The molecular formula is C34H33NO5. The number of amides is 1. The Bertz CT molecular complexity index is 1390. The highest BCUT2D eigenvalue weighted by atomic mass is 16.7. The standard InChI is InChI=1S/C34H33NO5/c1-23(2)31(32(36)40-33(25-15-7-4-8-16-25)38-21-24-13-5-3-6-14-24)35-34(37)39-22-30-28-19-11-9-17-26(28)27-18-10-12-20-29(27)30/h3-20,23,30-31,33H,21-22H2,1-2H3,(H,35,37)/t31-,33?/m0/s1. The van der Waals surface area contributed by atoms with Crippen molar-refractivity contribution < 1.29 is 23.8 Å². The molecule has 1 aliphatic rings. The van der Waals surface area contributed by atoms with Crippen LogP contribution in [0.1, 0.15) is 48.3 Å². The van der Waals surface area contributed by atoms with Gasteiger partial charge < -0.3 is 19.5 Å². The molecule has 1 amide bonds. The molecular weight excluding hydrogens is 502 g/mol. The zero-order valence-electron chi connectivity index (χ0n) is 22.7. The second-order valence-electron chi connectivity index (χ2n) is 10.2. The van der Waals surface area contributed by atoms with Crippen LogP contribution >= 0.6 is 0 Å². The monoisotopic (exact) mass is 535 g/mol. The third kappa shape index (κ3) is 6.24. The van der Waals surface area contributed by atoms with E-state index in [4.69, 9.17) is 14.2 Å². The van der Waals surface area contributed by atoms with E-state index in [1.54, 1.807) is 0 Å². The van der Waals surface area contributed by atoms with Crippen molar-refractivity contribution >= 4 is 12.1 Å². The fourth-order valence-corrected chi connectivity index (χ4v) is 5.00. The van der Waals surface area contributed by atoms with Crippen LogP contribution in [0.25, 0.3) is 11.1 Å². The first kappa shape index (κ1) is 27.2. The molecule has 0 spiro atoms. The van der Waals surface area contributed by atoms with Crippen molar-refractivity contribution in [2.75, 3.05) is 6.61 Å². The Kier molecular flexibility index (Phi) is 8.57. The van der Waals surface area contributed by atoms with E-state index in [-0.39, 0.29) is 25.0 Å². The molecule has 6 heteroatoms. The van der Waals surface area contributed by atoms with Crippen molar-refractivity contribution in [2.45, 2.75) is 38.7 Å². The molecule has 0 aromatic heterocycles. The molecule has 1 unspecified atom stereocenters. The predicted molar refractivity (Wildman–Crippen MR) is 153 cm³/mol. The lowest BCUT2D eigenvalue weighted by Gasteiger charge is -2.25. The number of ether oxygens (including phenoxy) is 3. The number of hydrogen-bond donors (Lipinski definition) is 1. The summed E-state index contributed by atoms with van der Waals surface area (Å²) in [5, 5.41) is 2.73. The highest BCUT2D eigenvalue weighted by Crippen LogP contribution is 2.44. The molecule has 204 valence electrons. The second-order valence-corrected chi connectivity index (χ2v) is 10.2. The largest absolute Gasteiger partial charge is 0.449 e. The topological polar surface area (TPSA) is 73.9 Å². The summed E-state index contributed by atoms with van der Waals surface area (Å²) >= 11 is 0. The molecule has 5 rings (SSSR count). The Labute approximate surface area is 234 Å². The molecule has 0 saturated heterocycles. The lowest BCUT2D eigenvalue weighted by molar-refractivity contribution is -0.187. The average Bonchev–Trinajstić information content (AvgIpc) is 3.31. The van der Waals surface area contributed by atoms with Gasteiger partial charge in [-0.2, -0.15) is 0 Å². The van der Waals surface area contributed by atoms with E-state index in [0.717, 1.165) is 27.8 Å². The lowest BCUT2D eigenvalue weighted by atomic mass is 9.98. The van der Waals surface area contributed by atoms with Gasteiger partial charge >= 0.3 is 12.1 Å². The Balaban J connectivity index is 1.24. The summed E-state index contributed by atoms with van der Waals surface area (Å²) in [6, 6.07) is 34.3. The maximum Gasteiger partial charge on any atom is 0.407 e. The van der Waals surface area contributed by atoms with Gasteiger partial charge in [0, 0.05) is 11.5 Å². The molecule has 0 bridgehead atoms. The number of carbonyl (C=O) groups is 2. The van der Waals surface area contributed by atoms with E-state index in [9.17, 15) is 9.59 Å². The summed E-state index contributed by atoms with van der Waals surface area (Å²) in [6.07, 6.45) is -1.60. The van der Waals surface area contributed by atoms with Crippen LogP contribution in [0.4, 0.5) is 4.79 Å². The molecule has 40 heavy (non-hydrogen) atoms. The van der Waals surface area contributed by atoms with Gasteiger partial charge in [0.05, 0.1) is 6.61 Å². The third-order valence-corrected chi connectivity index (χ3v) is 7.08. The van der Waals surface area contributed by atoms with Gasteiger partial charge in [0.1, 0.15) is 12.6 Å². The van der Waals surface area contributed by atoms with E-state index in [2.05, 4.69) is 29.6 Å². The first-order valence-electron chi connectivity index (χ1n) is 13.5. The molecule has 0 radical (unpaired) electrons. The van der Waals surface area contributed by atoms with E-state index < -0.39 is 24.4 Å². The van der Waals surface area contributed by atoms with Crippen LogP contribution in [0, 0.1) is 5.92 Å². The third-order valence-electron chi connectivity index (χ3n) is 7.08. The molecule has 6 nitrogen and oxygen atoms in total. The van der Waals surface area contributed by atoms with E-state index in [1.807, 2.05) is 98.8 Å². The van der Waals surface area contributed by atoms with Gasteiger partial charge in [-0.3, -0.25) is 0 Å². The van der Waals surface area contributed by atoms with Gasteiger partial charge in [0.2, 0.25) is 6.29 Å². The van der Waals surface area contributed by atoms with Gasteiger partial charge in [-0.15, -0.1) is 0 Å². The summed E-state index contributed by atoms with van der Waals surface area (Å²) < 4.78 is 17.5. The molecule has 0 heterocycles. The zero-order valence-corrected chi connectivity index (χ0v) is 22.7. The van der Waals surface area contributed by atoms with E-state index in [0.29, 0.717) is 5.56 Å². The van der Waals surface area contributed by atoms with Crippen LogP contribution in [-0.2, 0) is 25.6 Å². The fourth-order valence-electron chi connectivity index (χ4n) is 5.00. The van der Waals surface area contributed by atoms with Gasteiger partial charge in [0.15, 0.2) is 0 Å². The Morgan fingerprint density at radius 2 is 1.30 bits per heavy atom. The molecule has 1 aliphatic carbocycles. The van der Waals surface area contributed by atoms with Crippen molar-refractivity contribution in [1.29, 1.82) is 0 Å². The summed E-state index contributed by atoms with van der Waals surface area (Å²) in [5.41, 5.74) is 6.21. The summed E-state index contributed by atoms with van der Waals surface area (Å²) in [4.78, 5) is 26.3. The van der Waals surface area contributed by atoms with E-state index >= 15 is 0 Å². The highest BCUT2D eigenvalue weighted by molar-refractivity contribution is 5.82. The van der Waals surface area contributed by atoms with Crippen molar-refractivity contribution in [1.82, 2.24) is 5.32 Å². The number of rotatable bonds is 10. The Morgan fingerprint density at radius 3 is 1.90 bits per heavy atom. The Morgan fingerprint density at radius 1 is 0.750 bits per heavy atom. The number of alkyl carbamates (subject to hydrolysis) is 1. The zero-order chi connectivity index (χ0) is 27.9. The van der Waals surface area contributed by atoms with Crippen LogP contribution in [0.3, 0.4) is 0 Å². The van der Waals surface area contributed by atoms with Crippen LogP contribution in [0.2, 0.25) is 0 Å². The molecule has 0 saturated carbocycles. The van der Waals surface area contributed by atoms with Gasteiger partial charge in [-0.1, -0.05) is 123 Å². The summed E-state index contributed by atoms with van der Waals surface area (Å²) in [6.45, 7) is 4.11. The first-order chi connectivity index (χ1) is 19.5. The van der Waals surface area contributed by atoms with Crippen LogP contribution in [-0.4, -0.2) is 24.7 Å². The first-order valence-corrected chi connectivity index (χ1v) is 13.5. The predicted octanol–water partition coefficient (Wildman–Crippen LogP) is 7.01. The lowest BCUT2D eigenvalue weighted by Crippen LogP contribution is -2.46. The number of carbonyl (C=O) groups excluding carboxylic acids is 2. The van der Waals surface area contributed by atoms with E-state index in [1.165, 1.54) is 0 Å². The minimum Gasteiger partial charge on any atom is -0.449 e. The normalized spacial score (nSPS) is 13.7. The number of esters is 1. The maximum absolute atomic E-state index is 13.3. The SMILES string of the molecule is CC(C)[C@H](NC(=O)OCC1c2ccccc2-c2ccccc21)C(=O)OC(OCc1ccccc1)c1ccccc1. The second kappa shape index (κ2) is 12.6. The van der Waals surface area contributed by atoms with Crippen molar-refractivity contribution in [2.24, 2.45) is 5.92 Å². The van der Waals surface area contributed by atoms with Gasteiger partial charge in [-0.25, -0.2) is 9.59 Å². The number of hydrogen-bond acceptors (Lipinski definition) is 5. The van der Waals surface area contributed by atoms with Crippen molar-refractivity contribution in [3.8, 4) is 11.1 Å². The smallest absolute Gasteiger partial charge is 0.407 e. The minimum atomic E-state index is -0.931. The number of fused-ring (bicyclic) bond motifs is 3. The van der Waals surface area contributed by atoms with Crippen molar-refractivity contribution in [3.63, 3.8) is 0 Å². The average molecular weight is 536 g/mol. The number of nitrogens with one attached hydrogen (secondary N) is 1. The maximum atomic E-state index is 13.3. The molecule has 1 N–H and O–H groups in total.